The Morgan fingerprint density at radius 1 is 1.47 bits per heavy atom. The van der Waals surface area contributed by atoms with E-state index in [0.29, 0.717) is 16.4 Å². The van der Waals surface area contributed by atoms with Crippen LogP contribution in [0.5, 0.6) is 0 Å². The van der Waals surface area contributed by atoms with Gasteiger partial charge in [-0.05, 0) is 25.5 Å². The molecule has 0 unspecified atom stereocenters. The highest BCUT2D eigenvalue weighted by Crippen LogP contribution is 2.36. The molecule has 0 radical (unpaired) electrons. The number of anilines is 1. The molecular formula is C12H12N4O2S. The van der Waals surface area contributed by atoms with Gasteiger partial charge in [-0.15, -0.1) is 11.3 Å². The molecule has 98 valence electrons. The van der Waals surface area contributed by atoms with E-state index in [0.717, 1.165) is 21.4 Å². The maximum absolute atomic E-state index is 11.7. The third kappa shape index (κ3) is 1.58. The number of rotatable bonds is 1. The van der Waals surface area contributed by atoms with E-state index in [2.05, 4.69) is 10.1 Å². The second-order valence-electron chi connectivity index (χ2n) is 4.27. The second kappa shape index (κ2) is 3.92. The van der Waals surface area contributed by atoms with Crippen LogP contribution in [0.1, 0.15) is 21.1 Å². The van der Waals surface area contributed by atoms with Gasteiger partial charge in [-0.1, -0.05) is 0 Å². The van der Waals surface area contributed by atoms with Crippen molar-refractivity contribution in [2.24, 2.45) is 0 Å². The smallest absolute Gasteiger partial charge is 0.350 e. The minimum Gasteiger partial charge on any atom is -0.465 e. The number of methoxy groups -OCH3 is 1. The SMILES string of the molecule is COC(=O)c1sc2c(c(C)cc3nc(C)nn32)c1N. The van der Waals surface area contributed by atoms with Crippen LogP contribution in [0.15, 0.2) is 6.07 Å². The summed E-state index contributed by atoms with van der Waals surface area (Å²) in [5, 5.41) is 5.17. The highest BCUT2D eigenvalue weighted by atomic mass is 32.1. The molecule has 0 fully saturated rings. The van der Waals surface area contributed by atoms with Crippen molar-refractivity contribution in [3.63, 3.8) is 0 Å². The van der Waals surface area contributed by atoms with Crippen molar-refractivity contribution in [3.8, 4) is 0 Å². The summed E-state index contributed by atoms with van der Waals surface area (Å²) in [5.74, 6) is 0.251. The van der Waals surface area contributed by atoms with Crippen molar-refractivity contribution in [1.82, 2.24) is 14.6 Å². The van der Waals surface area contributed by atoms with Gasteiger partial charge in [-0.25, -0.2) is 14.3 Å². The normalized spacial score (nSPS) is 11.3. The van der Waals surface area contributed by atoms with Crippen molar-refractivity contribution in [2.75, 3.05) is 12.8 Å². The zero-order chi connectivity index (χ0) is 13.7. The fraction of sp³-hybridized carbons (Fsp3) is 0.250. The molecule has 19 heavy (non-hydrogen) atoms. The molecule has 2 N–H and O–H groups in total. The minimum atomic E-state index is -0.428. The van der Waals surface area contributed by atoms with Crippen molar-refractivity contribution >= 4 is 38.9 Å². The Bertz CT molecular complexity index is 818. The van der Waals surface area contributed by atoms with Gasteiger partial charge in [0.25, 0.3) is 0 Å². The molecule has 0 aromatic carbocycles. The molecule has 0 aliphatic rings. The van der Waals surface area contributed by atoms with E-state index >= 15 is 0 Å². The summed E-state index contributed by atoms with van der Waals surface area (Å²) < 4.78 is 6.46. The molecule has 0 bridgehead atoms. The molecule has 7 heteroatoms. The third-order valence-electron chi connectivity index (χ3n) is 2.97. The Kier molecular flexibility index (Phi) is 2.46. The number of esters is 1. The van der Waals surface area contributed by atoms with Crippen LogP contribution >= 0.6 is 11.3 Å². The Labute approximate surface area is 112 Å². The molecule has 0 aliphatic heterocycles. The molecular weight excluding hydrogens is 264 g/mol. The van der Waals surface area contributed by atoms with Gasteiger partial charge in [0.2, 0.25) is 0 Å². The molecule has 0 saturated carbocycles. The second-order valence-corrected chi connectivity index (χ2v) is 5.27. The number of thiophene rings is 1. The molecule has 0 saturated heterocycles. The van der Waals surface area contributed by atoms with Gasteiger partial charge in [0.1, 0.15) is 15.5 Å². The van der Waals surface area contributed by atoms with Gasteiger partial charge in [-0.3, -0.25) is 0 Å². The summed E-state index contributed by atoms with van der Waals surface area (Å²) in [6.07, 6.45) is 0. The Hall–Kier alpha value is -2.15. The quantitative estimate of drug-likeness (QED) is 0.687. The van der Waals surface area contributed by atoms with Crippen LogP contribution in [0.4, 0.5) is 5.69 Å². The van der Waals surface area contributed by atoms with E-state index in [9.17, 15) is 4.79 Å². The van der Waals surface area contributed by atoms with Crippen molar-refractivity contribution in [2.45, 2.75) is 13.8 Å². The Morgan fingerprint density at radius 2 is 2.21 bits per heavy atom. The number of nitrogens with two attached hydrogens (primary N) is 1. The standard InChI is InChI=1S/C12H12N4O2S/c1-5-4-7-14-6(2)15-16(7)11-8(5)9(13)10(19-11)12(17)18-3/h4H,13H2,1-3H3. The van der Waals surface area contributed by atoms with Crippen molar-refractivity contribution < 1.29 is 9.53 Å². The van der Waals surface area contributed by atoms with Crippen molar-refractivity contribution in [1.29, 1.82) is 0 Å². The summed E-state index contributed by atoms with van der Waals surface area (Å²) in [6.45, 7) is 3.77. The maximum atomic E-state index is 11.7. The van der Waals surface area contributed by atoms with Crippen LogP contribution in [0.3, 0.4) is 0 Å². The number of aryl methyl sites for hydroxylation is 2. The first-order valence-electron chi connectivity index (χ1n) is 5.66. The molecule has 0 aliphatic carbocycles. The number of ether oxygens (including phenoxy) is 1. The summed E-state index contributed by atoms with van der Waals surface area (Å²) in [6, 6.07) is 1.91. The van der Waals surface area contributed by atoms with Crippen LogP contribution in [0, 0.1) is 13.8 Å². The summed E-state index contributed by atoms with van der Waals surface area (Å²) >= 11 is 1.27. The highest BCUT2D eigenvalue weighted by Gasteiger charge is 2.21. The minimum absolute atomic E-state index is 0.404. The van der Waals surface area contributed by atoms with Crippen LogP contribution in [-0.4, -0.2) is 27.7 Å². The lowest BCUT2D eigenvalue weighted by molar-refractivity contribution is 0.0607. The molecule has 0 amide bonds. The number of hydrogen-bond acceptors (Lipinski definition) is 6. The zero-order valence-corrected chi connectivity index (χ0v) is 11.5. The molecule has 3 rings (SSSR count). The first kappa shape index (κ1) is 11.9. The van der Waals surface area contributed by atoms with Gasteiger partial charge < -0.3 is 10.5 Å². The van der Waals surface area contributed by atoms with Crippen LogP contribution in [0.25, 0.3) is 15.9 Å². The van der Waals surface area contributed by atoms with E-state index in [4.69, 9.17) is 10.5 Å². The predicted octanol–water partition coefficient (Wildman–Crippen LogP) is 1.93. The molecule has 0 atom stereocenters. The maximum Gasteiger partial charge on any atom is 0.350 e. The summed E-state index contributed by atoms with van der Waals surface area (Å²) in [5.41, 5.74) is 8.23. The number of nitrogen functional groups attached to an aromatic ring is 1. The average molecular weight is 276 g/mol. The first-order chi connectivity index (χ1) is 9.02. The highest BCUT2D eigenvalue weighted by molar-refractivity contribution is 7.21. The number of pyridine rings is 1. The zero-order valence-electron chi connectivity index (χ0n) is 10.7. The largest absolute Gasteiger partial charge is 0.465 e. The topological polar surface area (TPSA) is 82.5 Å². The third-order valence-corrected chi connectivity index (χ3v) is 4.13. The average Bonchev–Trinajstić information content (AvgIpc) is 2.89. The van der Waals surface area contributed by atoms with Crippen molar-refractivity contribution in [3.05, 3.63) is 22.3 Å². The monoisotopic (exact) mass is 276 g/mol. The van der Waals surface area contributed by atoms with E-state index in [1.165, 1.54) is 18.4 Å². The Balaban J connectivity index is 2.47. The van der Waals surface area contributed by atoms with Crippen LogP contribution in [0.2, 0.25) is 0 Å². The fourth-order valence-corrected chi connectivity index (χ4v) is 3.31. The molecule has 6 nitrogen and oxygen atoms in total. The number of carbonyl (C=O) groups is 1. The predicted molar refractivity (Wildman–Crippen MR) is 73.6 cm³/mol. The number of fused-ring (bicyclic) bond motifs is 3. The van der Waals surface area contributed by atoms with E-state index in [1.54, 1.807) is 4.52 Å². The van der Waals surface area contributed by atoms with E-state index in [1.807, 2.05) is 19.9 Å². The lowest BCUT2D eigenvalue weighted by atomic mass is 10.1. The summed E-state index contributed by atoms with van der Waals surface area (Å²) in [4.78, 5) is 17.3. The first-order valence-corrected chi connectivity index (χ1v) is 6.48. The lowest BCUT2D eigenvalue weighted by Gasteiger charge is -2.00. The Morgan fingerprint density at radius 3 is 2.89 bits per heavy atom. The lowest BCUT2D eigenvalue weighted by Crippen LogP contribution is -2.01. The van der Waals surface area contributed by atoms with E-state index in [-0.39, 0.29) is 0 Å². The van der Waals surface area contributed by atoms with Crippen LogP contribution < -0.4 is 5.73 Å². The molecule has 3 heterocycles. The molecule has 3 aromatic rings. The number of carbonyl (C=O) groups excluding carboxylic acids is 1. The molecule has 0 spiro atoms. The van der Waals surface area contributed by atoms with Gasteiger partial charge in [-0.2, -0.15) is 5.10 Å². The fourth-order valence-electron chi connectivity index (χ4n) is 2.15. The van der Waals surface area contributed by atoms with Gasteiger partial charge in [0.15, 0.2) is 5.65 Å². The number of hydrogen-bond donors (Lipinski definition) is 1. The number of nitrogens with zero attached hydrogens (tertiary/aromatic N) is 3. The van der Waals surface area contributed by atoms with Gasteiger partial charge >= 0.3 is 5.97 Å². The van der Waals surface area contributed by atoms with E-state index < -0.39 is 5.97 Å². The van der Waals surface area contributed by atoms with Gasteiger partial charge in [0, 0.05) is 5.39 Å². The number of aromatic nitrogens is 3. The molecule has 3 aromatic heterocycles. The van der Waals surface area contributed by atoms with Crippen LogP contribution in [-0.2, 0) is 4.74 Å². The van der Waals surface area contributed by atoms with Gasteiger partial charge in [0.05, 0.1) is 12.8 Å². The summed E-state index contributed by atoms with van der Waals surface area (Å²) in [7, 11) is 1.34.